The highest BCUT2D eigenvalue weighted by Gasteiger charge is 2.70. The van der Waals surface area contributed by atoms with E-state index in [-0.39, 0.29) is 45.9 Å². The SMILES string of the molecule is CC(C)C1=C2[C@H]3CC[C@@H]4[C@@]5(C)CC[C@H](OC(=O)CC(C)(C)C(=O)O)C(C)(C)[C@@H]5CC[C@@]4(C)[C@]3(C)CC[C@@]2([C@H](O)CNC2CC2)CC1=O. The molecule has 0 bridgehead atoms. The first-order chi connectivity index (χ1) is 21.7. The molecule has 6 aliphatic carbocycles. The summed E-state index contributed by atoms with van der Waals surface area (Å²) in [5.41, 5.74) is 0.778. The number of ether oxygens (including phenoxy) is 1. The van der Waals surface area contributed by atoms with Crippen molar-refractivity contribution in [2.75, 3.05) is 6.54 Å². The summed E-state index contributed by atoms with van der Waals surface area (Å²) in [5.74, 6) is 0.254. The Hall–Kier alpha value is -1.73. The second kappa shape index (κ2) is 11.4. The summed E-state index contributed by atoms with van der Waals surface area (Å²) in [6.07, 6.45) is 10.0. The summed E-state index contributed by atoms with van der Waals surface area (Å²) in [4.78, 5) is 38.6. The van der Waals surface area contributed by atoms with Crippen LogP contribution in [-0.2, 0) is 19.1 Å². The van der Waals surface area contributed by atoms with Crippen molar-refractivity contribution in [1.29, 1.82) is 0 Å². The lowest BCUT2D eigenvalue weighted by atomic mass is 9.33. The average Bonchev–Trinajstić information content (AvgIpc) is 3.74. The van der Waals surface area contributed by atoms with E-state index >= 15 is 0 Å². The minimum atomic E-state index is -1.15. The predicted molar refractivity (Wildman–Crippen MR) is 182 cm³/mol. The molecule has 5 saturated carbocycles. The number of carbonyl (C=O) groups is 3. The molecule has 47 heavy (non-hydrogen) atoms. The molecule has 7 nitrogen and oxygen atoms in total. The number of hydrogen-bond acceptors (Lipinski definition) is 6. The third-order valence-electron chi connectivity index (χ3n) is 15.7. The number of carboxylic acid groups (broad SMARTS) is 1. The van der Waals surface area contributed by atoms with Gasteiger partial charge in [0.25, 0.3) is 0 Å². The van der Waals surface area contributed by atoms with Crippen LogP contribution in [0.2, 0.25) is 0 Å². The fourth-order valence-corrected chi connectivity index (χ4v) is 12.7. The van der Waals surface area contributed by atoms with Gasteiger partial charge in [0.2, 0.25) is 0 Å². The van der Waals surface area contributed by atoms with Crippen molar-refractivity contribution < 1.29 is 29.3 Å². The molecule has 0 heterocycles. The molecule has 7 heteroatoms. The van der Waals surface area contributed by atoms with Gasteiger partial charge in [0.15, 0.2) is 5.78 Å². The van der Waals surface area contributed by atoms with Gasteiger partial charge < -0.3 is 20.3 Å². The molecule has 3 N–H and O–H groups in total. The van der Waals surface area contributed by atoms with Crippen LogP contribution >= 0.6 is 0 Å². The van der Waals surface area contributed by atoms with Gasteiger partial charge in [0.05, 0.1) is 17.9 Å². The molecule has 5 fully saturated rings. The number of carboxylic acids is 1. The van der Waals surface area contributed by atoms with Gasteiger partial charge in [-0.2, -0.15) is 0 Å². The molecule has 0 aromatic heterocycles. The van der Waals surface area contributed by atoms with Gasteiger partial charge in [0, 0.05) is 29.8 Å². The quantitative estimate of drug-likeness (QED) is 0.221. The fourth-order valence-electron chi connectivity index (χ4n) is 12.7. The van der Waals surface area contributed by atoms with Gasteiger partial charge in [-0.15, -0.1) is 0 Å². The zero-order chi connectivity index (χ0) is 34.5. The summed E-state index contributed by atoms with van der Waals surface area (Å²) >= 11 is 0. The molecule has 264 valence electrons. The van der Waals surface area contributed by atoms with E-state index in [0.717, 1.165) is 56.9 Å². The maximum Gasteiger partial charge on any atom is 0.309 e. The van der Waals surface area contributed by atoms with Crippen LogP contribution in [0.4, 0.5) is 0 Å². The van der Waals surface area contributed by atoms with E-state index in [4.69, 9.17) is 4.74 Å². The number of aliphatic carboxylic acids is 1. The van der Waals surface area contributed by atoms with Gasteiger partial charge >= 0.3 is 11.9 Å². The van der Waals surface area contributed by atoms with E-state index in [9.17, 15) is 24.6 Å². The van der Waals surface area contributed by atoms with Gasteiger partial charge in [0.1, 0.15) is 6.10 Å². The van der Waals surface area contributed by atoms with E-state index in [2.05, 4.69) is 53.8 Å². The molecule has 6 rings (SSSR count). The largest absolute Gasteiger partial charge is 0.481 e. The number of aliphatic hydroxyl groups is 1. The maximum atomic E-state index is 13.9. The summed E-state index contributed by atoms with van der Waals surface area (Å²) < 4.78 is 6.15. The van der Waals surface area contributed by atoms with Crippen LogP contribution in [0.3, 0.4) is 0 Å². The highest BCUT2D eigenvalue weighted by atomic mass is 16.5. The highest BCUT2D eigenvalue weighted by molar-refractivity contribution is 6.00. The Labute approximate surface area is 283 Å². The summed E-state index contributed by atoms with van der Waals surface area (Å²) in [5, 5.41) is 25.1. The normalized spacial score (nSPS) is 41.9. The minimum Gasteiger partial charge on any atom is -0.481 e. The smallest absolute Gasteiger partial charge is 0.309 e. The number of Topliss-reactive ketones (excluding diaryl/α,β-unsaturated/α-hetero) is 1. The second-order valence-electron chi connectivity index (χ2n) is 19.3. The molecule has 9 atom stereocenters. The molecule has 0 aliphatic heterocycles. The number of allylic oxidation sites excluding steroid dienone is 1. The van der Waals surface area contributed by atoms with Gasteiger partial charge in [-0.1, -0.05) is 54.0 Å². The van der Waals surface area contributed by atoms with E-state index in [0.29, 0.717) is 36.8 Å². The number of rotatable bonds is 9. The van der Waals surface area contributed by atoms with Crippen LogP contribution in [-0.4, -0.2) is 52.7 Å². The number of hydrogen-bond donors (Lipinski definition) is 3. The molecule has 6 aliphatic rings. The van der Waals surface area contributed by atoms with E-state index in [1.54, 1.807) is 13.8 Å². The van der Waals surface area contributed by atoms with Crippen molar-refractivity contribution in [1.82, 2.24) is 5.32 Å². The second-order valence-corrected chi connectivity index (χ2v) is 19.3. The number of fused-ring (bicyclic) bond motifs is 7. The Balaban J connectivity index is 1.29. The van der Waals surface area contributed by atoms with Crippen LogP contribution in [0.25, 0.3) is 0 Å². The van der Waals surface area contributed by atoms with Gasteiger partial charge in [-0.05, 0) is 124 Å². The van der Waals surface area contributed by atoms with Crippen LogP contribution in [0.1, 0.15) is 139 Å². The Bertz CT molecular complexity index is 1340. The number of esters is 1. The molecule has 0 amide bonds. The number of nitrogens with one attached hydrogen (secondary N) is 1. The van der Waals surface area contributed by atoms with Gasteiger partial charge in [-0.3, -0.25) is 14.4 Å². The summed E-state index contributed by atoms with van der Waals surface area (Å²) in [7, 11) is 0. The fraction of sp³-hybridized carbons (Fsp3) is 0.875. The monoisotopic (exact) mass is 653 g/mol. The molecule has 0 aromatic rings. The number of aliphatic hydroxyl groups excluding tert-OH is 1. The van der Waals surface area contributed by atoms with Crippen molar-refractivity contribution in [3.05, 3.63) is 11.1 Å². The first-order valence-corrected chi connectivity index (χ1v) is 18.9. The zero-order valence-corrected chi connectivity index (χ0v) is 30.8. The highest BCUT2D eigenvalue weighted by Crippen LogP contribution is 2.77. The average molecular weight is 654 g/mol. The number of carbonyl (C=O) groups excluding carboxylic acids is 2. The third kappa shape index (κ3) is 5.21. The molecule has 0 saturated heterocycles. The van der Waals surface area contributed by atoms with E-state index < -0.39 is 28.9 Å². The van der Waals surface area contributed by atoms with Crippen LogP contribution in [0, 0.1) is 56.2 Å². The Kier molecular flexibility index (Phi) is 8.52. The molecule has 0 radical (unpaired) electrons. The summed E-state index contributed by atoms with van der Waals surface area (Å²) in [6.45, 7) is 20.3. The van der Waals surface area contributed by atoms with Crippen molar-refractivity contribution in [3.8, 4) is 0 Å². The topological polar surface area (TPSA) is 113 Å². The van der Waals surface area contributed by atoms with Crippen molar-refractivity contribution in [2.45, 2.75) is 158 Å². The predicted octanol–water partition coefficient (Wildman–Crippen LogP) is 7.49. The summed E-state index contributed by atoms with van der Waals surface area (Å²) in [6, 6.07) is 0.522. The Morgan fingerprint density at radius 3 is 2.21 bits per heavy atom. The lowest BCUT2D eigenvalue weighted by Crippen LogP contribution is -2.66. The molecule has 0 aromatic carbocycles. The molecular weight excluding hydrogens is 590 g/mol. The van der Waals surface area contributed by atoms with Crippen LogP contribution in [0.5, 0.6) is 0 Å². The Morgan fingerprint density at radius 1 is 0.915 bits per heavy atom. The maximum absolute atomic E-state index is 13.9. The number of ketones is 1. The van der Waals surface area contributed by atoms with Crippen LogP contribution < -0.4 is 5.32 Å². The molecule has 0 unspecified atom stereocenters. The zero-order valence-electron chi connectivity index (χ0n) is 30.8. The molecule has 0 spiro atoms. The standard InChI is InChI=1S/C40H63NO6/c1-23(2)32-26(42)20-40(29(43)22-41-24-10-11-24)19-18-38(8)25(33(32)40)12-13-28-37(7)16-15-30(47-31(44)21-35(3,4)34(45)46)36(5,6)27(37)14-17-39(28,38)9/h23-25,27-30,41,43H,10-22H2,1-9H3,(H,45,46)/t25-,27+,28-,29-,30+,37+,38-,39-,40+/m1/s1. The lowest BCUT2D eigenvalue weighted by molar-refractivity contribution is -0.235. The van der Waals surface area contributed by atoms with E-state index in [1.165, 1.54) is 18.4 Å². The van der Waals surface area contributed by atoms with Crippen LogP contribution in [0.15, 0.2) is 11.1 Å². The third-order valence-corrected chi connectivity index (χ3v) is 15.7. The van der Waals surface area contributed by atoms with Gasteiger partial charge in [-0.25, -0.2) is 0 Å². The van der Waals surface area contributed by atoms with Crippen molar-refractivity contribution in [3.63, 3.8) is 0 Å². The lowest BCUT2D eigenvalue weighted by Gasteiger charge is -2.72. The Morgan fingerprint density at radius 2 is 1.60 bits per heavy atom. The van der Waals surface area contributed by atoms with Crippen molar-refractivity contribution >= 4 is 17.7 Å². The molecular formula is C40H63NO6. The first-order valence-electron chi connectivity index (χ1n) is 18.9. The first kappa shape index (κ1) is 35.1. The van der Waals surface area contributed by atoms with E-state index in [1.807, 2.05) is 0 Å². The van der Waals surface area contributed by atoms with Crippen molar-refractivity contribution in [2.24, 2.45) is 56.2 Å². The minimum absolute atomic E-state index is 0.0347.